The van der Waals surface area contributed by atoms with Crippen LogP contribution in [-0.4, -0.2) is 28.6 Å². The van der Waals surface area contributed by atoms with Crippen molar-refractivity contribution in [2.24, 2.45) is 5.92 Å². The van der Waals surface area contributed by atoms with Crippen LogP contribution in [0.15, 0.2) is 54.7 Å². The number of benzene rings is 2. The average molecular weight is 533 g/mol. The molecule has 1 fully saturated rings. The molecule has 0 bridgehead atoms. The molecule has 0 atom stereocenters. The largest absolute Gasteiger partial charge is 0.478 e. The van der Waals surface area contributed by atoms with E-state index < -0.39 is 0 Å². The maximum atomic E-state index is 13.1. The van der Waals surface area contributed by atoms with Gasteiger partial charge < -0.3 is 14.2 Å². The summed E-state index contributed by atoms with van der Waals surface area (Å²) in [5.41, 5.74) is 1.85. The number of nitrogens with zero attached hydrogens (tertiary/aromatic N) is 2. The topological polar surface area (TPSA) is 81.4 Å². The highest BCUT2D eigenvalue weighted by Gasteiger charge is 2.39. The summed E-state index contributed by atoms with van der Waals surface area (Å²) >= 11 is 6.56. The smallest absolute Gasteiger partial charge is 0.213 e. The molecular weight excluding hydrogens is 500 g/mol. The quantitative estimate of drug-likeness (QED) is 0.273. The number of ether oxygens (including phenoxy) is 3. The van der Waals surface area contributed by atoms with E-state index in [4.69, 9.17) is 25.8 Å². The molecule has 0 spiro atoms. The molecule has 0 radical (unpaired) electrons. The standard InChI is InChI=1S/C31H33ClN2O4/c1-6-36-29-16-21(12-13-34-29)23-8-7-9-27(24(23)19-33)37-28-11-10-22(15-25(28)32)26(35)14-20-17-30(2,3)38-31(4,5)18-20/h7-13,15-16,20H,6,14,17-18H2,1-5H3. The van der Waals surface area contributed by atoms with Crippen molar-refractivity contribution in [2.45, 2.75) is 65.1 Å². The van der Waals surface area contributed by atoms with E-state index in [-0.39, 0.29) is 22.9 Å². The lowest BCUT2D eigenvalue weighted by Crippen LogP contribution is -2.45. The Morgan fingerprint density at radius 3 is 2.50 bits per heavy atom. The molecule has 0 saturated carbocycles. The van der Waals surface area contributed by atoms with Crippen molar-refractivity contribution in [3.8, 4) is 34.6 Å². The molecule has 0 amide bonds. The van der Waals surface area contributed by atoms with Crippen molar-refractivity contribution in [1.82, 2.24) is 4.98 Å². The number of Topliss-reactive ketones (excluding diaryl/α,β-unsaturated/α-hetero) is 1. The van der Waals surface area contributed by atoms with Gasteiger partial charge in [0.05, 0.1) is 22.8 Å². The fourth-order valence-electron chi connectivity index (χ4n) is 5.47. The molecule has 38 heavy (non-hydrogen) atoms. The van der Waals surface area contributed by atoms with Crippen LogP contribution in [0.2, 0.25) is 5.02 Å². The molecule has 1 aromatic heterocycles. The minimum absolute atomic E-state index is 0.0412. The summed E-state index contributed by atoms with van der Waals surface area (Å²) in [6.07, 6.45) is 3.73. The van der Waals surface area contributed by atoms with E-state index in [0.29, 0.717) is 52.1 Å². The van der Waals surface area contributed by atoms with Gasteiger partial charge in [0.25, 0.3) is 0 Å². The molecular formula is C31H33ClN2O4. The molecule has 0 N–H and O–H groups in total. The minimum atomic E-state index is -0.268. The zero-order valence-electron chi connectivity index (χ0n) is 22.5. The summed E-state index contributed by atoms with van der Waals surface area (Å²) in [4.78, 5) is 17.3. The number of aromatic nitrogens is 1. The molecule has 1 aliphatic rings. The van der Waals surface area contributed by atoms with Gasteiger partial charge in [-0.05, 0) is 89.3 Å². The second-order valence-electron chi connectivity index (χ2n) is 10.9. The number of ketones is 1. The van der Waals surface area contributed by atoms with Gasteiger partial charge >= 0.3 is 0 Å². The maximum absolute atomic E-state index is 13.1. The first-order valence-corrected chi connectivity index (χ1v) is 13.2. The molecule has 6 nitrogen and oxygen atoms in total. The van der Waals surface area contributed by atoms with Gasteiger partial charge in [0.1, 0.15) is 23.1 Å². The minimum Gasteiger partial charge on any atom is -0.478 e. The van der Waals surface area contributed by atoms with E-state index in [1.54, 1.807) is 36.5 Å². The third-order valence-corrected chi connectivity index (χ3v) is 6.83. The second-order valence-corrected chi connectivity index (χ2v) is 11.3. The summed E-state index contributed by atoms with van der Waals surface area (Å²) in [6.45, 7) is 10.7. The lowest BCUT2D eigenvalue weighted by Gasteiger charge is -2.45. The van der Waals surface area contributed by atoms with Crippen molar-refractivity contribution in [1.29, 1.82) is 5.26 Å². The third-order valence-electron chi connectivity index (χ3n) is 6.54. The van der Waals surface area contributed by atoms with E-state index in [2.05, 4.69) is 38.7 Å². The summed E-state index contributed by atoms with van der Waals surface area (Å²) < 4.78 is 17.7. The molecule has 0 aliphatic carbocycles. The van der Waals surface area contributed by atoms with Crippen LogP contribution in [0.25, 0.3) is 11.1 Å². The number of pyridine rings is 1. The van der Waals surface area contributed by atoms with Crippen LogP contribution < -0.4 is 9.47 Å². The van der Waals surface area contributed by atoms with Gasteiger partial charge in [0.2, 0.25) is 5.88 Å². The normalized spacial score (nSPS) is 16.4. The monoisotopic (exact) mass is 532 g/mol. The van der Waals surface area contributed by atoms with Crippen LogP contribution in [0, 0.1) is 17.2 Å². The lowest BCUT2D eigenvalue weighted by molar-refractivity contribution is -0.171. The van der Waals surface area contributed by atoms with Crippen molar-refractivity contribution in [3.63, 3.8) is 0 Å². The third kappa shape index (κ3) is 6.53. The van der Waals surface area contributed by atoms with Crippen molar-refractivity contribution in [3.05, 3.63) is 70.9 Å². The molecule has 0 unspecified atom stereocenters. The summed E-state index contributed by atoms with van der Waals surface area (Å²) in [5.74, 6) is 1.49. The van der Waals surface area contributed by atoms with Crippen LogP contribution in [0.3, 0.4) is 0 Å². The van der Waals surface area contributed by atoms with Gasteiger partial charge in [-0.25, -0.2) is 4.98 Å². The van der Waals surface area contributed by atoms with Gasteiger partial charge in [-0.2, -0.15) is 5.26 Å². The fraction of sp³-hybridized carbons (Fsp3) is 0.387. The van der Waals surface area contributed by atoms with Gasteiger partial charge in [-0.1, -0.05) is 23.7 Å². The van der Waals surface area contributed by atoms with E-state index >= 15 is 0 Å². The number of carbonyl (C=O) groups is 1. The first-order chi connectivity index (χ1) is 18.0. The molecule has 198 valence electrons. The van der Waals surface area contributed by atoms with Crippen LogP contribution in [0.4, 0.5) is 0 Å². The molecule has 1 aliphatic heterocycles. The molecule has 2 heterocycles. The van der Waals surface area contributed by atoms with Gasteiger partial charge in [0, 0.05) is 29.8 Å². The van der Waals surface area contributed by atoms with Gasteiger partial charge in [-0.3, -0.25) is 4.79 Å². The first kappa shape index (κ1) is 27.6. The number of hydrogen-bond donors (Lipinski definition) is 0. The van der Waals surface area contributed by atoms with Crippen molar-refractivity contribution in [2.75, 3.05) is 6.61 Å². The van der Waals surface area contributed by atoms with Crippen LogP contribution in [0.5, 0.6) is 17.4 Å². The summed E-state index contributed by atoms with van der Waals surface area (Å²) in [6, 6.07) is 16.3. The van der Waals surface area contributed by atoms with Gasteiger partial charge in [0.15, 0.2) is 5.78 Å². The molecule has 2 aromatic carbocycles. The molecule has 1 saturated heterocycles. The SMILES string of the molecule is CCOc1cc(-c2cccc(Oc3ccc(C(=O)CC4CC(C)(C)OC(C)(C)C4)cc3Cl)c2C#N)ccn1. The Morgan fingerprint density at radius 2 is 1.84 bits per heavy atom. The van der Waals surface area contributed by atoms with Gasteiger partial charge in [-0.15, -0.1) is 0 Å². The van der Waals surface area contributed by atoms with Crippen molar-refractivity contribution < 1.29 is 19.0 Å². The fourth-order valence-corrected chi connectivity index (χ4v) is 5.69. The summed E-state index contributed by atoms with van der Waals surface area (Å²) in [7, 11) is 0. The highest BCUT2D eigenvalue weighted by molar-refractivity contribution is 6.32. The summed E-state index contributed by atoms with van der Waals surface area (Å²) in [5, 5.41) is 10.3. The predicted molar refractivity (Wildman–Crippen MR) is 148 cm³/mol. The number of rotatable bonds is 8. The Balaban J connectivity index is 1.54. The van der Waals surface area contributed by atoms with Crippen LogP contribution in [0.1, 0.15) is 69.8 Å². The van der Waals surface area contributed by atoms with Crippen LogP contribution in [-0.2, 0) is 4.74 Å². The maximum Gasteiger partial charge on any atom is 0.213 e. The predicted octanol–water partition coefficient (Wildman–Crippen LogP) is 8.02. The Kier molecular flexibility index (Phi) is 8.10. The Morgan fingerprint density at radius 1 is 1.11 bits per heavy atom. The van der Waals surface area contributed by atoms with E-state index in [0.717, 1.165) is 18.4 Å². The number of halogens is 1. The van der Waals surface area contributed by atoms with E-state index in [9.17, 15) is 10.1 Å². The highest BCUT2D eigenvalue weighted by atomic mass is 35.5. The molecule has 7 heteroatoms. The number of carbonyl (C=O) groups excluding carboxylic acids is 1. The molecule has 4 rings (SSSR count). The first-order valence-electron chi connectivity index (χ1n) is 12.8. The average Bonchev–Trinajstić information content (AvgIpc) is 2.83. The Labute approximate surface area is 229 Å². The number of hydrogen-bond acceptors (Lipinski definition) is 6. The zero-order valence-corrected chi connectivity index (χ0v) is 23.3. The van der Waals surface area contributed by atoms with E-state index in [1.807, 2.05) is 25.1 Å². The second kappa shape index (κ2) is 11.1. The van der Waals surface area contributed by atoms with E-state index in [1.165, 1.54) is 0 Å². The van der Waals surface area contributed by atoms with Crippen molar-refractivity contribution >= 4 is 17.4 Å². The number of nitriles is 1. The lowest BCUT2D eigenvalue weighted by atomic mass is 9.78. The Hall–Kier alpha value is -3.40. The Bertz CT molecular complexity index is 1360. The highest BCUT2D eigenvalue weighted by Crippen LogP contribution is 2.41. The zero-order chi connectivity index (χ0) is 27.5. The van der Waals surface area contributed by atoms with Crippen LogP contribution >= 0.6 is 11.6 Å². The molecule has 3 aromatic rings.